The molecule has 0 aromatic heterocycles. The van der Waals surface area contributed by atoms with Crippen LogP contribution in [0.2, 0.25) is 0 Å². The number of aliphatic hydroxyl groups is 1. The smallest absolute Gasteiger partial charge is 0.337 e. The lowest BCUT2D eigenvalue weighted by Gasteiger charge is -2.11. The molecule has 0 aliphatic rings. The Morgan fingerprint density at radius 1 is 1.60 bits per heavy atom. The molecule has 1 aromatic rings. The predicted molar refractivity (Wildman–Crippen MR) is 56.4 cm³/mol. The van der Waals surface area contributed by atoms with Crippen LogP contribution in [0, 0.1) is 11.3 Å². The lowest BCUT2D eigenvalue weighted by Crippen LogP contribution is -2.13. The highest BCUT2D eigenvalue weighted by Crippen LogP contribution is 2.23. The van der Waals surface area contributed by atoms with Crippen molar-refractivity contribution in [3.05, 3.63) is 34.9 Å². The molecule has 5 heteroatoms. The van der Waals surface area contributed by atoms with Crippen LogP contribution < -0.4 is 0 Å². The van der Waals surface area contributed by atoms with E-state index in [2.05, 4.69) is 15.9 Å². The van der Waals surface area contributed by atoms with Crippen LogP contribution in [0.5, 0.6) is 0 Å². The van der Waals surface area contributed by atoms with E-state index >= 15 is 0 Å². The van der Waals surface area contributed by atoms with Gasteiger partial charge >= 0.3 is 5.97 Å². The molecule has 4 nitrogen and oxygen atoms in total. The van der Waals surface area contributed by atoms with Crippen molar-refractivity contribution in [1.29, 1.82) is 5.26 Å². The fourth-order valence-electron chi connectivity index (χ4n) is 1.25. The third-order valence-corrected chi connectivity index (χ3v) is 2.56. The standard InChI is InChI=1S/C10H8BrNO3/c11-4-8-6(5-12)2-1-3-7(8)9(13)10(14)15/h1-3,9,13H,4H2,(H,14,15). The highest BCUT2D eigenvalue weighted by atomic mass is 79.9. The molecule has 0 saturated heterocycles. The van der Waals surface area contributed by atoms with Crippen molar-refractivity contribution in [3.63, 3.8) is 0 Å². The van der Waals surface area contributed by atoms with Crippen LogP contribution in [0.25, 0.3) is 0 Å². The van der Waals surface area contributed by atoms with E-state index in [-0.39, 0.29) is 5.56 Å². The van der Waals surface area contributed by atoms with Gasteiger partial charge in [-0.05, 0) is 17.2 Å². The van der Waals surface area contributed by atoms with Gasteiger partial charge in [0.05, 0.1) is 11.6 Å². The lowest BCUT2D eigenvalue weighted by atomic mass is 9.99. The predicted octanol–water partition coefficient (Wildman–Crippen LogP) is 1.57. The Hall–Kier alpha value is -1.38. The van der Waals surface area contributed by atoms with Crippen LogP contribution in [0.3, 0.4) is 0 Å². The zero-order valence-corrected chi connectivity index (χ0v) is 9.23. The topological polar surface area (TPSA) is 81.3 Å². The summed E-state index contributed by atoms with van der Waals surface area (Å²) in [5.74, 6) is -1.33. The van der Waals surface area contributed by atoms with E-state index in [4.69, 9.17) is 10.4 Å². The Bertz CT molecular complexity index is 425. The number of hydrogen-bond acceptors (Lipinski definition) is 3. The SMILES string of the molecule is N#Cc1cccc(C(O)C(=O)O)c1CBr. The third-order valence-electron chi connectivity index (χ3n) is 1.99. The van der Waals surface area contributed by atoms with Crippen LogP contribution in [0.1, 0.15) is 22.8 Å². The van der Waals surface area contributed by atoms with E-state index < -0.39 is 12.1 Å². The molecule has 78 valence electrons. The van der Waals surface area contributed by atoms with Gasteiger partial charge in [-0.3, -0.25) is 0 Å². The largest absolute Gasteiger partial charge is 0.479 e. The van der Waals surface area contributed by atoms with Crippen LogP contribution in [0.15, 0.2) is 18.2 Å². The fraction of sp³-hybridized carbons (Fsp3) is 0.200. The Morgan fingerprint density at radius 3 is 2.73 bits per heavy atom. The highest BCUT2D eigenvalue weighted by Gasteiger charge is 2.20. The summed E-state index contributed by atoms with van der Waals surface area (Å²) in [5.41, 5.74) is 1.12. The molecule has 0 aliphatic carbocycles. The molecule has 0 aliphatic heterocycles. The molecule has 0 radical (unpaired) electrons. The molecule has 1 aromatic carbocycles. The Labute approximate surface area is 94.9 Å². The van der Waals surface area contributed by atoms with E-state index in [1.54, 1.807) is 12.1 Å². The average molecular weight is 270 g/mol. The summed E-state index contributed by atoms with van der Waals surface area (Å²) in [7, 11) is 0. The summed E-state index contributed by atoms with van der Waals surface area (Å²) in [6.07, 6.45) is -1.59. The number of alkyl halides is 1. The Kier molecular flexibility index (Phi) is 3.83. The van der Waals surface area contributed by atoms with Crippen molar-refractivity contribution in [2.75, 3.05) is 0 Å². The van der Waals surface area contributed by atoms with Crippen molar-refractivity contribution in [3.8, 4) is 6.07 Å². The minimum atomic E-state index is -1.59. The average Bonchev–Trinajstić information content (AvgIpc) is 2.26. The molecule has 2 N–H and O–H groups in total. The Morgan fingerprint density at radius 2 is 2.27 bits per heavy atom. The first-order valence-electron chi connectivity index (χ1n) is 4.10. The number of halogens is 1. The molecule has 0 fully saturated rings. The van der Waals surface area contributed by atoms with Gasteiger partial charge in [0.15, 0.2) is 6.10 Å². The van der Waals surface area contributed by atoms with Crippen LogP contribution in [-0.2, 0) is 10.1 Å². The number of aliphatic hydroxyl groups excluding tert-OH is 1. The maximum atomic E-state index is 10.6. The monoisotopic (exact) mass is 269 g/mol. The molecule has 1 atom stereocenters. The van der Waals surface area contributed by atoms with Gasteiger partial charge in [-0.25, -0.2) is 4.79 Å². The van der Waals surface area contributed by atoms with Gasteiger partial charge in [-0.1, -0.05) is 28.1 Å². The first-order valence-corrected chi connectivity index (χ1v) is 5.22. The summed E-state index contributed by atoms with van der Waals surface area (Å²) < 4.78 is 0. The van der Waals surface area contributed by atoms with Crippen molar-refractivity contribution >= 4 is 21.9 Å². The van der Waals surface area contributed by atoms with Crippen molar-refractivity contribution in [2.45, 2.75) is 11.4 Å². The fourth-order valence-corrected chi connectivity index (χ4v) is 1.87. The number of hydrogen-bond donors (Lipinski definition) is 2. The number of benzene rings is 1. The number of rotatable bonds is 3. The van der Waals surface area contributed by atoms with Crippen molar-refractivity contribution in [1.82, 2.24) is 0 Å². The molecule has 0 heterocycles. The Balaban J connectivity index is 3.30. The number of carboxylic acid groups (broad SMARTS) is 1. The van der Waals surface area contributed by atoms with Crippen molar-refractivity contribution in [2.24, 2.45) is 0 Å². The third kappa shape index (κ3) is 2.35. The first kappa shape index (κ1) is 11.7. The van der Waals surface area contributed by atoms with Gasteiger partial charge in [0.1, 0.15) is 0 Å². The summed E-state index contributed by atoms with van der Waals surface area (Å²) >= 11 is 3.16. The van der Waals surface area contributed by atoms with Gasteiger partial charge in [0, 0.05) is 5.33 Å². The van der Waals surface area contributed by atoms with Gasteiger partial charge in [0.25, 0.3) is 0 Å². The number of carboxylic acids is 1. The van der Waals surface area contributed by atoms with Gasteiger partial charge < -0.3 is 10.2 Å². The second kappa shape index (κ2) is 4.91. The van der Waals surface area contributed by atoms with E-state index in [9.17, 15) is 9.90 Å². The molecule has 1 rings (SSSR count). The zero-order valence-electron chi connectivity index (χ0n) is 7.64. The highest BCUT2D eigenvalue weighted by molar-refractivity contribution is 9.08. The van der Waals surface area contributed by atoms with Gasteiger partial charge in [-0.2, -0.15) is 5.26 Å². The quantitative estimate of drug-likeness (QED) is 0.817. The molecule has 0 saturated carbocycles. The van der Waals surface area contributed by atoms with Crippen LogP contribution in [0.4, 0.5) is 0 Å². The lowest BCUT2D eigenvalue weighted by molar-refractivity contribution is -0.147. The zero-order chi connectivity index (χ0) is 11.4. The van der Waals surface area contributed by atoms with Crippen LogP contribution >= 0.6 is 15.9 Å². The molecule has 15 heavy (non-hydrogen) atoms. The molecule has 1 unspecified atom stereocenters. The second-order valence-electron chi connectivity index (χ2n) is 2.86. The van der Waals surface area contributed by atoms with E-state index in [1.165, 1.54) is 6.07 Å². The summed E-state index contributed by atoms with van der Waals surface area (Å²) in [6.45, 7) is 0. The molecule has 0 spiro atoms. The first-order chi connectivity index (χ1) is 7.11. The minimum absolute atomic E-state index is 0.249. The van der Waals surface area contributed by atoms with E-state index in [0.29, 0.717) is 16.5 Å². The number of nitrogens with zero attached hydrogens (tertiary/aromatic N) is 1. The maximum absolute atomic E-state index is 10.6. The second-order valence-corrected chi connectivity index (χ2v) is 3.42. The minimum Gasteiger partial charge on any atom is -0.479 e. The number of carbonyl (C=O) groups is 1. The summed E-state index contributed by atoms with van der Waals surface area (Å²) in [6, 6.07) is 6.57. The normalized spacial score (nSPS) is 11.8. The van der Waals surface area contributed by atoms with Crippen molar-refractivity contribution < 1.29 is 15.0 Å². The molecular weight excluding hydrogens is 262 g/mol. The summed E-state index contributed by atoms with van der Waals surface area (Å²) in [5, 5.41) is 27.2. The van der Waals surface area contributed by atoms with Gasteiger partial charge in [0.2, 0.25) is 0 Å². The summed E-state index contributed by atoms with van der Waals surface area (Å²) in [4.78, 5) is 10.6. The molecule has 0 amide bonds. The van der Waals surface area contributed by atoms with E-state index in [0.717, 1.165) is 0 Å². The maximum Gasteiger partial charge on any atom is 0.337 e. The number of nitriles is 1. The molecule has 0 bridgehead atoms. The van der Waals surface area contributed by atoms with Gasteiger partial charge in [-0.15, -0.1) is 0 Å². The van der Waals surface area contributed by atoms with E-state index in [1.807, 2.05) is 6.07 Å². The van der Waals surface area contributed by atoms with Crippen LogP contribution in [-0.4, -0.2) is 16.2 Å². The number of aliphatic carboxylic acids is 1. The molecular formula is C10H8BrNO3.